The van der Waals surface area contributed by atoms with Crippen LogP contribution in [-0.4, -0.2) is 45.4 Å². The number of aliphatic hydroxyl groups excluding tert-OH is 1. The van der Waals surface area contributed by atoms with E-state index in [1.165, 1.54) is 11.0 Å². The Labute approximate surface area is 101 Å². The third kappa shape index (κ3) is 4.24. The fourth-order valence-electron chi connectivity index (χ4n) is 1.37. The van der Waals surface area contributed by atoms with Gasteiger partial charge >= 0.3 is 0 Å². The maximum atomic E-state index is 11.8. The highest BCUT2D eigenvalue weighted by Gasteiger charge is 2.07. The molecule has 1 N–H and O–H groups in total. The molecule has 0 saturated carbocycles. The Morgan fingerprint density at radius 1 is 1.71 bits per heavy atom. The number of carbonyl (C=O) groups is 1. The number of carbonyl (C=O) groups excluding carboxylic acids is 1. The molecule has 5 heteroatoms. The number of hydrogen-bond acceptors (Lipinski definition) is 3. The van der Waals surface area contributed by atoms with E-state index in [-0.39, 0.29) is 12.5 Å². The SMILES string of the molecule is C=CCN(CCO)C(=O)/C=C/c1cnn(C)c1. The Hall–Kier alpha value is -1.88. The Morgan fingerprint density at radius 2 is 2.47 bits per heavy atom. The van der Waals surface area contributed by atoms with Crippen LogP contribution >= 0.6 is 0 Å². The molecule has 0 fully saturated rings. The summed E-state index contributed by atoms with van der Waals surface area (Å²) in [6.45, 7) is 4.25. The van der Waals surface area contributed by atoms with Crippen LogP contribution in [0.1, 0.15) is 5.56 Å². The number of aromatic nitrogens is 2. The molecule has 0 bridgehead atoms. The molecule has 0 atom stereocenters. The predicted octanol–water partition coefficient (Wildman–Crippen LogP) is 0.440. The largest absolute Gasteiger partial charge is 0.395 e. The second-order valence-electron chi connectivity index (χ2n) is 3.58. The Balaban J connectivity index is 2.62. The number of aryl methyl sites for hydroxylation is 1. The molecule has 1 aromatic rings. The zero-order chi connectivity index (χ0) is 12.7. The van der Waals surface area contributed by atoms with Gasteiger partial charge in [0.05, 0.1) is 12.8 Å². The zero-order valence-electron chi connectivity index (χ0n) is 9.91. The minimum Gasteiger partial charge on any atom is -0.395 e. The lowest BCUT2D eigenvalue weighted by Gasteiger charge is -2.17. The highest BCUT2D eigenvalue weighted by molar-refractivity contribution is 5.91. The highest BCUT2D eigenvalue weighted by Crippen LogP contribution is 2.01. The fourth-order valence-corrected chi connectivity index (χ4v) is 1.37. The van der Waals surface area contributed by atoms with E-state index in [0.717, 1.165) is 5.56 Å². The minimum absolute atomic E-state index is 0.0552. The first-order valence-electron chi connectivity index (χ1n) is 5.34. The van der Waals surface area contributed by atoms with Crippen molar-refractivity contribution >= 4 is 12.0 Å². The molecule has 1 amide bonds. The van der Waals surface area contributed by atoms with Crippen LogP contribution in [0, 0.1) is 0 Å². The van der Waals surface area contributed by atoms with Gasteiger partial charge < -0.3 is 10.0 Å². The maximum Gasteiger partial charge on any atom is 0.246 e. The number of nitrogens with zero attached hydrogens (tertiary/aromatic N) is 3. The lowest BCUT2D eigenvalue weighted by molar-refractivity contribution is -0.125. The van der Waals surface area contributed by atoms with Crippen molar-refractivity contribution < 1.29 is 9.90 Å². The standard InChI is InChI=1S/C12H17N3O2/c1-3-6-15(7-8-16)12(17)5-4-11-9-13-14(2)10-11/h3-5,9-10,16H,1,6-8H2,2H3/b5-4+. The molecule has 0 saturated heterocycles. The summed E-state index contributed by atoms with van der Waals surface area (Å²) < 4.78 is 1.67. The van der Waals surface area contributed by atoms with Gasteiger partial charge in [0.1, 0.15) is 0 Å². The summed E-state index contributed by atoms with van der Waals surface area (Å²) in [6, 6.07) is 0. The number of rotatable bonds is 6. The molecule has 0 aromatic carbocycles. The molecule has 1 rings (SSSR count). The van der Waals surface area contributed by atoms with Gasteiger partial charge in [-0.1, -0.05) is 6.08 Å². The van der Waals surface area contributed by atoms with Gasteiger partial charge in [0.2, 0.25) is 5.91 Å². The van der Waals surface area contributed by atoms with Crippen molar-refractivity contribution in [3.8, 4) is 0 Å². The summed E-state index contributed by atoms with van der Waals surface area (Å²) >= 11 is 0. The smallest absolute Gasteiger partial charge is 0.246 e. The molecule has 17 heavy (non-hydrogen) atoms. The first kappa shape index (κ1) is 13.2. The van der Waals surface area contributed by atoms with E-state index in [2.05, 4.69) is 11.7 Å². The minimum atomic E-state index is -0.150. The normalized spacial score (nSPS) is 10.7. The summed E-state index contributed by atoms with van der Waals surface area (Å²) in [5, 5.41) is 12.8. The average molecular weight is 235 g/mol. The van der Waals surface area contributed by atoms with Crippen molar-refractivity contribution in [2.75, 3.05) is 19.7 Å². The molecule has 0 unspecified atom stereocenters. The lowest BCUT2D eigenvalue weighted by Crippen LogP contribution is -2.32. The van der Waals surface area contributed by atoms with E-state index in [9.17, 15) is 4.79 Å². The van der Waals surface area contributed by atoms with E-state index in [4.69, 9.17) is 5.11 Å². The summed E-state index contributed by atoms with van der Waals surface area (Å²) in [5.74, 6) is -0.150. The molecule has 1 heterocycles. The topological polar surface area (TPSA) is 58.4 Å². The average Bonchev–Trinajstić information content (AvgIpc) is 2.72. The highest BCUT2D eigenvalue weighted by atomic mass is 16.3. The van der Waals surface area contributed by atoms with Gasteiger partial charge in [-0.05, 0) is 6.08 Å². The summed E-state index contributed by atoms with van der Waals surface area (Å²) in [5.41, 5.74) is 0.864. The molecule has 0 radical (unpaired) electrons. The van der Waals surface area contributed by atoms with Gasteiger partial charge in [0.15, 0.2) is 0 Å². The Bertz CT molecular complexity index is 410. The van der Waals surface area contributed by atoms with Gasteiger partial charge in [-0.2, -0.15) is 5.10 Å². The third-order valence-electron chi connectivity index (χ3n) is 2.17. The molecule has 0 aliphatic carbocycles. The van der Waals surface area contributed by atoms with Crippen LogP contribution in [0.15, 0.2) is 31.1 Å². The van der Waals surface area contributed by atoms with Crippen molar-refractivity contribution in [2.24, 2.45) is 7.05 Å². The van der Waals surface area contributed by atoms with Crippen molar-refractivity contribution in [3.05, 3.63) is 36.7 Å². The maximum absolute atomic E-state index is 11.8. The number of aliphatic hydroxyl groups is 1. The molecule has 1 aromatic heterocycles. The van der Waals surface area contributed by atoms with E-state index in [1.807, 2.05) is 13.2 Å². The van der Waals surface area contributed by atoms with Crippen molar-refractivity contribution in [1.29, 1.82) is 0 Å². The Kier molecular flexibility index (Phi) is 5.16. The van der Waals surface area contributed by atoms with Crippen LogP contribution in [-0.2, 0) is 11.8 Å². The lowest BCUT2D eigenvalue weighted by atomic mass is 10.3. The van der Waals surface area contributed by atoms with E-state index in [1.54, 1.807) is 23.0 Å². The van der Waals surface area contributed by atoms with Crippen LogP contribution in [0.3, 0.4) is 0 Å². The number of amides is 1. The summed E-state index contributed by atoms with van der Waals surface area (Å²) in [4.78, 5) is 13.3. The number of hydrogen-bond donors (Lipinski definition) is 1. The first-order chi connectivity index (χ1) is 8.17. The van der Waals surface area contributed by atoms with Crippen molar-refractivity contribution in [1.82, 2.24) is 14.7 Å². The third-order valence-corrected chi connectivity index (χ3v) is 2.17. The van der Waals surface area contributed by atoms with Gasteiger partial charge in [-0.25, -0.2) is 0 Å². The van der Waals surface area contributed by atoms with Crippen molar-refractivity contribution in [3.63, 3.8) is 0 Å². The summed E-state index contributed by atoms with van der Waals surface area (Å²) in [6.07, 6.45) is 8.28. The second kappa shape index (κ2) is 6.65. The first-order valence-corrected chi connectivity index (χ1v) is 5.34. The second-order valence-corrected chi connectivity index (χ2v) is 3.58. The van der Waals surface area contributed by atoms with Crippen LogP contribution in [0.2, 0.25) is 0 Å². The van der Waals surface area contributed by atoms with Gasteiger partial charge in [0.25, 0.3) is 0 Å². The van der Waals surface area contributed by atoms with E-state index >= 15 is 0 Å². The molecular weight excluding hydrogens is 218 g/mol. The molecule has 0 aliphatic rings. The molecule has 0 spiro atoms. The quantitative estimate of drug-likeness (QED) is 0.575. The zero-order valence-corrected chi connectivity index (χ0v) is 9.91. The van der Waals surface area contributed by atoms with Crippen molar-refractivity contribution in [2.45, 2.75) is 0 Å². The van der Waals surface area contributed by atoms with Crippen LogP contribution in [0.5, 0.6) is 0 Å². The molecule has 0 aliphatic heterocycles. The predicted molar refractivity (Wildman–Crippen MR) is 66.1 cm³/mol. The fraction of sp³-hybridized carbons (Fsp3) is 0.333. The van der Waals surface area contributed by atoms with Crippen LogP contribution < -0.4 is 0 Å². The molecule has 92 valence electrons. The molecule has 5 nitrogen and oxygen atoms in total. The van der Waals surface area contributed by atoms with Gasteiger partial charge in [0, 0.05) is 38.0 Å². The van der Waals surface area contributed by atoms with Crippen LogP contribution in [0.4, 0.5) is 0 Å². The van der Waals surface area contributed by atoms with Gasteiger partial charge in [-0.3, -0.25) is 9.48 Å². The van der Waals surface area contributed by atoms with E-state index < -0.39 is 0 Å². The summed E-state index contributed by atoms with van der Waals surface area (Å²) in [7, 11) is 1.81. The van der Waals surface area contributed by atoms with E-state index in [0.29, 0.717) is 13.1 Å². The molecular formula is C12H17N3O2. The van der Waals surface area contributed by atoms with Crippen LogP contribution in [0.25, 0.3) is 6.08 Å². The Morgan fingerprint density at radius 3 is 3.00 bits per heavy atom. The van der Waals surface area contributed by atoms with Gasteiger partial charge in [-0.15, -0.1) is 6.58 Å². The monoisotopic (exact) mass is 235 g/mol.